The smallest absolute Gasteiger partial charge is 0.137 e. The zero-order valence-corrected chi connectivity index (χ0v) is 11.3. The third-order valence-electron chi connectivity index (χ3n) is 2.67. The number of ether oxygens (including phenoxy) is 1. The van der Waals surface area contributed by atoms with Crippen molar-refractivity contribution in [1.29, 1.82) is 5.26 Å². The van der Waals surface area contributed by atoms with Gasteiger partial charge >= 0.3 is 0 Å². The van der Waals surface area contributed by atoms with Crippen LogP contribution in [0.5, 0.6) is 5.75 Å². The Bertz CT molecular complexity index is 415. The van der Waals surface area contributed by atoms with Gasteiger partial charge in [-0.1, -0.05) is 32.9 Å². The van der Waals surface area contributed by atoms with Gasteiger partial charge in [0.25, 0.3) is 0 Å². The normalized spacial score (nSPS) is 12.8. The molecule has 0 amide bonds. The van der Waals surface area contributed by atoms with Crippen molar-refractivity contribution in [2.24, 2.45) is 5.41 Å². The Morgan fingerprint density at radius 3 is 2.61 bits per heavy atom. The Balaban J connectivity index is 2.43. The third-order valence-corrected chi connectivity index (χ3v) is 2.67. The molecule has 0 aliphatic heterocycles. The molecule has 0 saturated heterocycles. The molecule has 0 radical (unpaired) electrons. The van der Waals surface area contributed by atoms with Crippen LogP contribution < -0.4 is 4.74 Å². The molecule has 1 unspecified atom stereocenters. The van der Waals surface area contributed by atoms with Crippen LogP contribution in [0.2, 0.25) is 0 Å². The van der Waals surface area contributed by atoms with Crippen molar-refractivity contribution in [3.8, 4) is 11.8 Å². The number of hydrogen-bond donors (Lipinski definition) is 1. The van der Waals surface area contributed by atoms with Gasteiger partial charge in [0, 0.05) is 0 Å². The molecule has 0 heterocycles. The summed E-state index contributed by atoms with van der Waals surface area (Å²) in [4.78, 5) is 0. The monoisotopic (exact) mass is 247 g/mol. The summed E-state index contributed by atoms with van der Waals surface area (Å²) in [6.45, 7) is 6.66. The molecule has 98 valence electrons. The highest BCUT2D eigenvalue weighted by Crippen LogP contribution is 2.22. The molecular weight excluding hydrogens is 226 g/mol. The van der Waals surface area contributed by atoms with Gasteiger partial charge in [-0.15, -0.1) is 0 Å². The highest BCUT2D eigenvalue weighted by molar-refractivity contribution is 5.42. The minimum atomic E-state index is -0.490. The summed E-state index contributed by atoms with van der Waals surface area (Å²) in [6, 6.07) is 9.13. The van der Waals surface area contributed by atoms with E-state index in [1.54, 1.807) is 18.2 Å². The molecule has 1 aromatic carbocycles. The zero-order chi connectivity index (χ0) is 13.6. The second-order valence-electron chi connectivity index (χ2n) is 5.67. The van der Waals surface area contributed by atoms with E-state index in [9.17, 15) is 5.11 Å². The summed E-state index contributed by atoms with van der Waals surface area (Å²) in [5, 5.41) is 18.7. The van der Waals surface area contributed by atoms with E-state index in [1.807, 2.05) is 6.07 Å². The molecule has 0 spiro atoms. The van der Waals surface area contributed by atoms with Crippen molar-refractivity contribution in [3.63, 3.8) is 0 Å². The van der Waals surface area contributed by atoms with Gasteiger partial charge in [0.1, 0.15) is 18.4 Å². The summed E-state index contributed by atoms with van der Waals surface area (Å²) >= 11 is 0. The molecule has 0 aliphatic rings. The Labute approximate surface area is 109 Å². The zero-order valence-electron chi connectivity index (χ0n) is 11.3. The fourth-order valence-electron chi connectivity index (χ4n) is 1.55. The van der Waals surface area contributed by atoms with Crippen LogP contribution in [0.25, 0.3) is 0 Å². The van der Waals surface area contributed by atoms with Gasteiger partial charge in [0.15, 0.2) is 0 Å². The van der Waals surface area contributed by atoms with Crippen LogP contribution in [0.15, 0.2) is 24.3 Å². The first-order valence-corrected chi connectivity index (χ1v) is 6.22. The van der Waals surface area contributed by atoms with E-state index in [-0.39, 0.29) is 12.0 Å². The van der Waals surface area contributed by atoms with Crippen molar-refractivity contribution < 1.29 is 9.84 Å². The summed E-state index contributed by atoms with van der Waals surface area (Å²) in [5.74, 6) is 0.537. The highest BCUT2D eigenvalue weighted by atomic mass is 16.5. The highest BCUT2D eigenvalue weighted by Gasteiger charge is 2.14. The van der Waals surface area contributed by atoms with Crippen molar-refractivity contribution >= 4 is 0 Å². The van der Waals surface area contributed by atoms with Crippen LogP contribution in [0.4, 0.5) is 0 Å². The van der Waals surface area contributed by atoms with Crippen molar-refractivity contribution in [2.75, 3.05) is 6.61 Å². The fourth-order valence-corrected chi connectivity index (χ4v) is 1.55. The Hall–Kier alpha value is -1.53. The Morgan fingerprint density at radius 2 is 2.00 bits per heavy atom. The maximum absolute atomic E-state index is 9.83. The number of nitrogens with zero attached hydrogens (tertiary/aromatic N) is 1. The minimum Gasteiger partial charge on any atom is -0.490 e. The van der Waals surface area contributed by atoms with E-state index in [0.29, 0.717) is 17.7 Å². The maximum atomic E-state index is 9.83. The van der Waals surface area contributed by atoms with Gasteiger partial charge in [-0.2, -0.15) is 5.26 Å². The molecule has 0 fully saturated rings. The van der Waals surface area contributed by atoms with Crippen LogP contribution >= 0.6 is 0 Å². The average Bonchev–Trinajstić information content (AvgIpc) is 2.33. The molecule has 1 aromatic rings. The predicted octanol–water partition coefficient (Wildman–Crippen LogP) is 3.12. The van der Waals surface area contributed by atoms with Gasteiger partial charge in [-0.3, -0.25) is 0 Å². The fraction of sp³-hybridized carbons (Fsp3) is 0.533. The molecule has 0 saturated carbocycles. The molecule has 1 rings (SSSR count). The lowest BCUT2D eigenvalue weighted by atomic mass is 9.89. The molecule has 3 heteroatoms. The first kappa shape index (κ1) is 14.5. The molecule has 18 heavy (non-hydrogen) atoms. The van der Waals surface area contributed by atoms with Crippen LogP contribution in [-0.2, 0) is 0 Å². The Kier molecular flexibility index (Phi) is 5.18. The topological polar surface area (TPSA) is 53.2 Å². The van der Waals surface area contributed by atoms with E-state index in [0.717, 1.165) is 6.42 Å². The van der Waals surface area contributed by atoms with Crippen molar-refractivity contribution in [3.05, 3.63) is 29.8 Å². The first-order valence-electron chi connectivity index (χ1n) is 6.22. The van der Waals surface area contributed by atoms with E-state index < -0.39 is 6.10 Å². The van der Waals surface area contributed by atoms with Gasteiger partial charge in [-0.05, 0) is 30.4 Å². The number of hydrogen-bond acceptors (Lipinski definition) is 3. The minimum absolute atomic E-state index is 0.214. The molecule has 3 nitrogen and oxygen atoms in total. The molecule has 1 atom stereocenters. The molecule has 1 N–H and O–H groups in total. The first-order chi connectivity index (χ1) is 8.42. The molecular formula is C15H21NO2. The largest absolute Gasteiger partial charge is 0.490 e. The maximum Gasteiger partial charge on any atom is 0.137 e. The number of nitriles is 1. The van der Waals surface area contributed by atoms with Crippen LogP contribution in [0.3, 0.4) is 0 Å². The van der Waals surface area contributed by atoms with Gasteiger partial charge in [0.2, 0.25) is 0 Å². The van der Waals surface area contributed by atoms with Crippen LogP contribution in [0, 0.1) is 16.7 Å². The van der Waals surface area contributed by atoms with E-state index in [1.165, 1.54) is 0 Å². The Morgan fingerprint density at radius 1 is 1.33 bits per heavy atom. The number of benzene rings is 1. The average molecular weight is 247 g/mol. The number of aliphatic hydroxyl groups is 1. The van der Waals surface area contributed by atoms with Gasteiger partial charge in [-0.25, -0.2) is 0 Å². The van der Waals surface area contributed by atoms with Gasteiger partial charge in [0.05, 0.1) is 11.7 Å². The third kappa shape index (κ3) is 5.20. The van der Waals surface area contributed by atoms with E-state index >= 15 is 0 Å². The molecule has 0 aromatic heterocycles. The number of aliphatic hydroxyl groups excluding tert-OH is 1. The van der Waals surface area contributed by atoms with Crippen LogP contribution in [-0.4, -0.2) is 17.8 Å². The summed E-state index contributed by atoms with van der Waals surface area (Å²) in [6.07, 6.45) is 1.16. The summed E-state index contributed by atoms with van der Waals surface area (Å²) in [7, 11) is 0. The number of para-hydroxylation sites is 1. The lowest BCUT2D eigenvalue weighted by Gasteiger charge is -2.20. The second kappa shape index (κ2) is 6.42. The lowest BCUT2D eigenvalue weighted by Crippen LogP contribution is -2.20. The quantitative estimate of drug-likeness (QED) is 0.869. The summed E-state index contributed by atoms with van der Waals surface area (Å²) < 4.78 is 5.48. The lowest BCUT2D eigenvalue weighted by molar-refractivity contribution is 0.0888. The second-order valence-corrected chi connectivity index (χ2v) is 5.67. The predicted molar refractivity (Wildman–Crippen MR) is 71.3 cm³/mol. The number of rotatable bonds is 5. The standard InChI is InChI=1S/C15H21NO2/c1-15(2,3)9-8-13(17)11-18-14-7-5-4-6-12(14)10-16/h4-7,13,17H,8-9,11H2,1-3H3. The van der Waals surface area contributed by atoms with Crippen molar-refractivity contribution in [1.82, 2.24) is 0 Å². The molecule has 0 bridgehead atoms. The van der Waals surface area contributed by atoms with E-state index in [4.69, 9.17) is 10.00 Å². The van der Waals surface area contributed by atoms with Crippen molar-refractivity contribution in [2.45, 2.75) is 39.7 Å². The SMILES string of the molecule is CC(C)(C)CCC(O)COc1ccccc1C#N. The summed E-state index contributed by atoms with van der Waals surface area (Å²) in [5.41, 5.74) is 0.714. The molecule has 0 aliphatic carbocycles. The van der Waals surface area contributed by atoms with Crippen LogP contribution in [0.1, 0.15) is 39.2 Å². The van der Waals surface area contributed by atoms with E-state index in [2.05, 4.69) is 26.8 Å². The van der Waals surface area contributed by atoms with Gasteiger partial charge < -0.3 is 9.84 Å².